The molecule has 10 heavy (non-hydrogen) atoms. The molecule has 3 nitrogen and oxygen atoms in total. The molecule has 0 saturated carbocycles. The average molecular weight is 165 g/mol. The normalized spacial score (nSPS) is 16.4. The molecule has 0 fully saturated rings. The lowest BCUT2D eigenvalue weighted by atomic mass is 10.4. The Kier molecular flexibility index (Phi) is 3.18. The first-order valence-electron chi connectivity index (χ1n) is 2.97. The lowest BCUT2D eigenvalue weighted by molar-refractivity contribution is -0.137. The summed E-state index contributed by atoms with van der Waals surface area (Å²) in [7, 11) is -0.774. The first kappa shape index (κ1) is 9.78. The van der Waals surface area contributed by atoms with Crippen LogP contribution >= 0.6 is 10.0 Å². The number of carboxylic acids is 1. The molecular weight excluding hydrogens is 150 g/mol. The van der Waals surface area contributed by atoms with Crippen LogP contribution in [0.4, 0.5) is 0 Å². The molecule has 0 bridgehead atoms. The third kappa shape index (κ3) is 4.64. The van der Waals surface area contributed by atoms with E-state index in [0.29, 0.717) is 5.75 Å². The lowest BCUT2D eigenvalue weighted by Gasteiger charge is -2.26. The highest BCUT2D eigenvalue weighted by atomic mass is 32.3. The van der Waals surface area contributed by atoms with Gasteiger partial charge in [0.15, 0.2) is 0 Å². The van der Waals surface area contributed by atoms with Gasteiger partial charge in [-0.25, -0.2) is 10.0 Å². The zero-order chi connectivity index (χ0) is 8.36. The van der Waals surface area contributed by atoms with Gasteiger partial charge in [0.2, 0.25) is 0 Å². The molecule has 0 spiro atoms. The van der Waals surface area contributed by atoms with Crippen molar-refractivity contribution in [2.45, 2.75) is 6.04 Å². The molecular formula is C6H15NO2S. The van der Waals surface area contributed by atoms with E-state index in [0.717, 1.165) is 0 Å². The summed E-state index contributed by atoms with van der Waals surface area (Å²) in [6.07, 6.45) is 6.15. The third-order valence-corrected chi connectivity index (χ3v) is 2.36. The van der Waals surface area contributed by atoms with E-state index in [1.165, 1.54) is 0 Å². The van der Waals surface area contributed by atoms with Gasteiger partial charge in [-0.05, 0) is 18.8 Å². The summed E-state index contributed by atoms with van der Waals surface area (Å²) in [5.41, 5.74) is 5.32. The molecule has 0 heterocycles. The van der Waals surface area contributed by atoms with E-state index in [4.69, 9.17) is 10.8 Å². The van der Waals surface area contributed by atoms with Gasteiger partial charge < -0.3 is 10.8 Å². The Labute approximate surface area is 62.9 Å². The van der Waals surface area contributed by atoms with Gasteiger partial charge in [0.05, 0.1) is 0 Å². The maximum atomic E-state index is 10.3. The van der Waals surface area contributed by atoms with Gasteiger partial charge in [-0.15, -0.1) is 0 Å². The fourth-order valence-electron chi connectivity index (χ4n) is 0.610. The molecule has 1 atom stereocenters. The Balaban J connectivity index is 3.80. The summed E-state index contributed by atoms with van der Waals surface area (Å²) in [5.74, 6) is -0.301. The summed E-state index contributed by atoms with van der Waals surface area (Å²) < 4.78 is 0. The molecule has 0 aliphatic rings. The van der Waals surface area contributed by atoms with E-state index in [1.54, 1.807) is 0 Å². The van der Waals surface area contributed by atoms with E-state index < -0.39 is 22.0 Å². The minimum Gasteiger partial charge on any atom is -0.480 e. The van der Waals surface area contributed by atoms with Gasteiger partial charge in [-0.1, -0.05) is 0 Å². The van der Waals surface area contributed by atoms with E-state index in [9.17, 15) is 4.79 Å². The van der Waals surface area contributed by atoms with Crippen LogP contribution in [0, 0.1) is 0 Å². The molecule has 0 aromatic heterocycles. The Bertz CT molecular complexity index is 130. The smallest absolute Gasteiger partial charge is 0.321 e. The third-order valence-electron chi connectivity index (χ3n) is 0.997. The van der Waals surface area contributed by atoms with Crippen LogP contribution in [0.15, 0.2) is 0 Å². The van der Waals surface area contributed by atoms with Crippen LogP contribution in [-0.2, 0) is 4.79 Å². The van der Waals surface area contributed by atoms with Gasteiger partial charge in [0, 0.05) is 5.75 Å². The highest BCUT2D eigenvalue weighted by molar-refractivity contribution is 8.32. The Morgan fingerprint density at radius 1 is 1.60 bits per heavy atom. The first-order valence-corrected chi connectivity index (χ1v) is 6.00. The van der Waals surface area contributed by atoms with Crippen molar-refractivity contribution >= 4 is 16.0 Å². The fourth-order valence-corrected chi connectivity index (χ4v) is 1.83. The van der Waals surface area contributed by atoms with E-state index >= 15 is 0 Å². The largest absolute Gasteiger partial charge is 0.480 e. The molecule has 1 unspecified atom stereocenters. The predicted octanol–water partition coefficient (Wildman–Crippen LogP) is 0.0923. The molecule has 0 aromatic rings. The minimum atomic E-state index is -0.901. The molecule has 3 N–H and O–H groups in total. The van der Waals surface area contributed by atoms with Crippen molar-refractivity contribution in [3.05, 3.63) is 0 Å². The predicted molar refractivity (Wildman–Crippen MR) is 45.8 cm³/mol. The molecule has 0 rings (SSSR count). The maximum Gasteiger partial charge on any atom is 0.321 e. The van der Waals surface area contributed by atoms with Crippen molar-refractivity contribution in [2.24, 2.45) is 5.73 Å². The molecule has 0 aliphatic heterocycles. The van der Waals surface area contributed by atoms with Crippen molar-refractivity contribution in [1.29, 1.82) is 0 Å². The van der Waals surface area contributed by atoms with Crippen LogP contribution in [0.25, 0.3) is 0 Å². The molecule has 0 aliphatic carbocycles. The van der Waals surface area contributed by atoms with Crippen molar-refractivity contribution in [3.63, 3.8) is 0 Å². The maximum absolute atomic E-state index is 10.3. The average Bonchev–Trinajstić information content (AvgIpc) is 1.60. The van der Waals surface area contributed by atoms with E-state index in [1.807, 2.05) is 0 Å². The Hall–Kier alpha value is -0.220. The molecule has 0 amide bonds. The van der Waals surface area contributed by atoms with Gasteiger partial charge in [-0.3, -0.25) is 4.79 Å². The number of nitrogens with two attached hydrogens (primary N) is 1. The van der Waals surface area contributed by atoms with Crippen molar-refractivity contribution < 1.29 is 9.90 Å². The van der Waals surface area contributed by atoms with Crippen molar-refractivity contribution in [3.8, 4) is 0 Å². The molecule has 0 saturated heterocycles. The number of carbonyl (C=O) groups is 1. The number of aliphatic carboxylic acids is 1. The second-order valence-electron chi connectivity index (χ2n) is 3.20. The monoisotopic (exact) mass is 165 g/mol. The Morgan fingerprint density at radius 3 is 2.10 bits per heavy atom. The van der Waals surface area contributed by atoms with Gasteiger partial charge in [-0.2, -0.15) is 0 Å². The SMILES string of the molecule is CS(C)(C)CC(N)C(=O)O. The van der Waals surface area contributed by atoms with Crippen LogP contribution in [0.3, 0.4) is 0 Å². The summed E-state index contributed by atoms with van der Waals surface area (Å²) in [6, 6.07) is -0.685. The summed E-state index contributed by atoms with van der Waals surface area (Å²) in [4.78, 5) is 10.3. The Morgan fingerprint density at radius 2 is 2.00 bits per heavy atom. The topological polar surface area (TPSA) is 63.3 Å². The van der Waals surface area contributed by atoms with Crippen LogP contribution in [0.1, 0.15) is 0 Å². The van der Waals surface area contributed by atoms with Crippen LogP contribution in [-0.4, -0.2) is 41.6 Å². The highest BCUT2D eigenvalue weighted by Gasteiger charge is 2.16. The van der Waals surface area contributed by atoms with Crippen LogP contribution in [0.5, 0.6) is 0 Å². The van der Waals surface area contributed by atoms with Crippen molar-refractivity contribution in [2.75, 3.05) is 24.5 Å². The van der Waals surface area contributed by atoms with Gasteiger partial charge >= 0.3 is 5.97 Å². The first-order chi connectivity index (χ1) is 4.33. The fraction of sp³-hybridized carbons (Fsp3) is 0.833. The summed E-state index contributed by atoms with van der Waals surface area (Å²) in [5, 5.41) is 8.43. The highest BCUT2D eigenvalue weighted by Crippen LogP contribution is 2.34. The molecule has 0 aromatic carbocycles. The zero-order valence-electron chi connectivity index (χ0n) is 6.63. The van der Waals surface area contributed by atoms with Crippen LogP contribution < -0.4 is 5.73 Å². The standard InChI is InChI=1S/C6H15NO2S/c1-10(2,3)4-5(7)6(8)9/h5H,4,7H2,1-3H3,(H,8,9). The summed E-state index contributed by atoms with van der Waals surface area (Å²) in [6.45, 7) is 0. The zero-order valence-corrected chi connectivity index (χ0v) is 7.44. The second kappa shape index (κ2) is 3.25. The van der Waals surface area contributed by atoms with Crippen molar-refractivity contribution in [1.82, 2.24) is 0 Å². The lowest BCUT2D eigenvalue weighted by Crippen LogP contribution is -2.35. The van der Waals surface area contributed by atoms with Gasteiger partial charge in [0.1, 0.15) is 6.04 Å². The van der Waals surface area contributed by atoms with E-state index in [-0.39, 0.29) is 0 Å². The number of hydrogen-bond acceptors (Lipinski definition) is 2. The number of hydrogen-bond donors (Lipinski definition) is 2. The second-order valence-corrected chi connectivity index (χ2v) is 7.72. The molecule has 62 valence electrons. The van der Waals surface area contributed by atoms with E-state index in [2.05, 4.69) is 18.8 Å². The number of carboxylic acid groups (broad SMARTS) is 1. The van der Waals surface area contributed by atoms with Gasteiger partial charge in [0.25, 0.3) is 0 Å². The van der Waals surface area contributed by atoms with Crippen LogP contribution in [0.2, 0.25) is 0 Å². The quantitative estimate of drug-likeness (QED) is 0.623. The molecule has 0 radical (unpaired) electrons. The molecule has 4 heteroatoms. The summed E-state index contributed by atoms with van der Waals surface area (Å²) >= 11 is 0. The minimum absolute atomic E-state index is 0.600. The number of rotatable bonds is 3.